The number of hydrogen-bond acceptors (Lipinski definition) is 7. The van der Waals surface area contributed by atoms with Crippen LogP contribution in [0.2, 0.25) is 0 Å². The highest BCUT2D eigenvalue weighted by molar-refractivity contribution is 8.06. The summed E-state index contributed by atoms with van der Waals surface area (Å²) in [5.41, 5.74) is 3.07. The van der Waals surface area contributed by atoms with Gasteiger partial charge in [-0.05, 0) is 42.0 Å². The monoisotopic (exact) mass is 460 g/mol. The van der Waals surface area contributed by atoms with Crippen molar-refractivity contribution in [1.82, 2.24) is 19.7 Å². The van der Waals surface area contributed by atoms with E-state index in [0.717, 1.165) is 22.0 Å². The van der Waals surface area contributed by atoms with Gasteiger partial charge in [0.2, 0.25) is 5.95 Å². The van der Waals surface area contributed by atoms with Gasteiger partial charge in [0.1, 0.15) is 22.5 Å². The fourth-order valence-corrected chi connectivity index (χ4v) is 4.93. The molecule has 0 amide bonds. The molecule has 7 nitrogen and oxygen atoms in total. The summed E-state index contributed by atoms with van der Waals surface area (Å²) in [5.74, 6) is 0.881. The van der Waals surface area contributed by atoms with Crippen LogP contribution in [0.3, 0.4) is 0 Å². The highest BCUT2D eigenvalue weighted by Crippen LogP contribution is 2.42. The van der Waals surface area contributed by atoms with Crippen LogP contribution >= 0.6 is 11.8 Å². The van der Waals surface area contributed by atoms with Crippen molar-refractivity contribution in [1.29, 1.82) is 5.26 Å². The molecule has 166 valence electrons. The van der Waals surface area contributed by atoms with E-state index in [0.29, 0.717) is 43.6 Å². The van der Waals surface area contributed by atoms with Crippen molar-refractivity contribution in [2.24, 2.45) is 0 Å². The summed E-state index contributed by atoms with van der Waals surface area (Å²) in [5, 5.41) is 21.9. The number of morpholine rings is 1. The third kappa shape index (κ3) is 3.99. The van der Waals surface area contributed by atoms with Crippen molar-refractivity contribution >= 4 is 29.0 Å². The fraction of sp³-hybridized carbons (Fsp3) is 0.208. The summed E-state index contributed by atoms with van der Waals surface area (Å²) in [6, 6.07) is 18.5. The Labute approximate surface area is 195 Å². The van der Waals surface area contributed by atoms with Gasteiger partial charge in [-0.15, -0.1) is 10.2 Å². The third-order valence-corrected chi connectivity index (χ3v) is 6.63. The first-order chi connectivity index (χ1) is 16.2. The molecule has 2 aliphatic heterocycles. The Kier molecular flexibility index (Phi) is 5.86. The van der Waals surface area contributed by atoms with Crippen LogP contribution in [0, 0.1) is 17.1 Å². The molecule has 5 rings (SSSR count). The molecular weight excluding hydrogens is 439 g/mol. The average molecular weight is 461 g/mol. The predicted molar refractivity (Wildman–Crippen MR) is 127 cm³/mol. The van der Waals surface area contributed by atoms with E-state index in [1.165, 1.54) is 23.9 Å². The number of nitrogens with zero attached hydrogens (tertiary/aromatic N) is 6. The Morgan fingerprint density at radius 3 is 2.48 bits per heavy atom. The van der Waals surface area contributed by atoms with Crippen LogP contribution in [0.15, 0.2) is 65.0 Å². The number of allylic oxidation sites excluding steroid dienone is 1. The Morgan fingerprint density at radius 1 is 1.06 bits per heavy atom. The molecule has 0 bridgehead atoms. The molecule has 3 aromatic rings. The number of rotatable bonds is 4. The smallest absolute Gasteiger partial charge is 0.232 e. The minimum absolute atomic E-state index is 0.285. The van der Waals surface area contributed by atoms with E-state index in [9.17, 15) is 9.65 Å². The van der Waals surface area contributed by atoms with Gasteiger partial charge in [-0.25, -0.2) is 4.39 Å². The SMILES string of the molecule is CN1C(c2ccc(F)cc2)=CS/C1=C(\C#N)c1nnc(N2CCOCC2)n1-c1ccccc1. The molecular formula is C24H21FN6OS. The van der Waals surface area contributed by atoms with E-state index in [1.54, 1.807) is 12.1 Å². The van der Waals surface area contributed by atoms with Crippen LogP contribution in [0.4, 0.5) is 10.3 Å². The van der Waals surface area contributed by atoms with Crippen molar-refractivity contribution in [2.45, 2.75) is 0 Å². The maximum atomic E-state index is 13.4. The molecule has 0 N–H and O–H groups in total. The summed E-state index contributed by atoms with van der Waals surface area (Å²) < 4.78 is 20.8. The molecule has 2 aliphatic rings. The first-order valence-electron chi connectivity index (χ1n) is 10.5. The van der Waals surface area contributed by atoms with Gasteiger partial charge in [0.15, 0.2) is 5.82 Å². The molecule has 0 atom stereocenters. The molecule has 0 aliphatic carbocycles. The van der Waals surface area contributed by atoms with E-state index < -0.39 is 0 Å². The van der Waals surface area contributed by atoms with Gasteiger partial charge in [0, 0.05) is 25.5 Å². The highest BCUT2D eigenvalue weighted by Gasteiger charge is 2.29. The number of para-hydroxylation sites is 1. The van der Waals surface area contributed by atoms with Crippen molar-refractivity contribution in [3.05, 3.63) is 82.2 Å². The van der Waals surface area contributed by atoms with E-state index in [2.05, 4.69) is 21.2 Å². The molecule has 2 aromatic carbocycles. The van der Waals surface area contributed by atoms with Crippen LogP contribution < -0.4 is 4.90 Å². The van der Waals surface area contributed by atoms with Crippen LogP contribution in [0.25, 0.3) is 17.0 Å². The molecule has 1 fully saturated rings. The molecule has 3 heterocycles. The predicted octanol–water partition coefficient (Wildman–Crippen LogP) is 4.11. The van der Waals surface area contributed by atoms with Crippen molar-refractivity contribution in [3.8, 4) is 11.8 Å². The van der Waals surface area contributed by atoms with Crippen molar-refractivity contribution < 1.29 is 9.13 Å². The second kappa shape index (κ2) is 9.10. The Balaban J connectivity index is 1.59. The topological polar surface area (TPSA) is 70.2 Å². The summed E-state index contributed by atoms with van der Waals surface area (Å²) in [6.07, 6.45) is 0. The van der Waals surface area contributed by atoms with E-state index in [1.807, 2.05) is 52.3 Å². The Bertz CT molecular complexity index is 1260. The number of thioether (sulfide) groups is 1. The van der Waals surface area contributed by atoms with E-state index in [4.69, 9.17) is 4.74 Å². The summed E-state index contributed by atoms with van der Waals surface area (Å²) in [6.45, 7) is 2.64. The standard InChI is InChI=1S/C24H21FN6OS/c1-29-21(17-7-9-18(25)10-8-17)16-33-23(29)20(15-26)22-27-28-24(30-11-13-32-14-12-30)31(22)19-5-3-2-4-6-19/h2-10,16H,11-14H2,1H3/b23-20+. The molecule has 0 spiro atoms. The third-order valence-electron chi connectivity index (χ3n) is 5.59. The van der Waals surface area contributed by atoms with Gasteiger partial charge in [-0.3, -0.25) is 4.57 Å². The maximum absolute atomic E-state index is 13.4. The van der Waals surface area contributed by atoms with Gasteiger partial charge in [-0.1, -0.05) is 30.0 Å². The number of benzene rings is 2. The first kappa shape index (κ1) is 21.2. The summed E-state index contributed by atoms with van der Waals surface area (Å²) in [7, 11) is 1.90. The molecule has 0 unspecified atom stereocenters. The van der Waals surface area contributed by atoms with Crippen molar-refractivity contribution in [3.63, 3.8) is 0 Å². The van der Waals surface area contributed by atoms with Crippen LogP contribution in [-0.4, -0.2) is 53.0 Å². The Morgan fingerprint density at radius 2 is 1.79 bits per heavy atom. The lowest BCUT2D eigenvalue weighted by atomic mass is 10.1. The van der Waals surface area contributed by atoms with Crippen molar-refractivity contribution in [2.75, 3.05) is 38.3 Å². The molecule has 0 radical (unpaired) electrons. The number of nitriles is 1. The molecule has 1 aromatic heterocycles. The number of anilines is 1. The van der Waals surface area contributed by atoms with Gasteiger partial charge in [0.05, 0.1) is 24.6 Å². The summed E-state index contributed by atoms with van der Waals surface area (Å²) in [4.78, 5) is 4.06. The van der Waals surface area contributed by atoms with Gasteiger partial charge in [0.25, 0.3) is 0 Å². The number of hydrogen-bond donors (Lipinski definition) is 0. The molecule has 9 heteroatoms. The minimum atomic E-state index is -0.285. The maximum Gasteiger partial charge on any atom is 0.232 e. The van der Waals surface area contributed by atoms with Gasteiger partial charge >= 0.3 is 0 Å². The lowest BCUT2D eigenvalue weighted by Crippen LogP contribution is -2.38. The molecule has 0 saturated carbocycles. The summed E-state index contributed by atoms with van der Waals surface area (Å²) >= 11 is 1.45. The van der Waals surface area contributed by atoms with E-state index >= 15 is 0 Å². The van der Waals surface area contributed by atoms with Gasteiger partial charge < -0.3 is 14.5 Å². The second-order valence-corrected chi connectivity index (χ2v) is 8.43. The second-order valence-electron chi connectivity index (χ2n) is 7.57. The zero-order chi connectivity index (χ0) is 22.8. The number of aromatic nitrogens is 3. The highest BCUT2D eigenvalue weighted by atomic mass is 32.2. The van der Waals surface area contributed by atoms with E-state index in [-0.39, 0.29) is 5.82 Å². The average Bonchev–Trinajstić information content (AvgIpc) is 3.46. The zero-order valence-corrected chi connectivity index (χ0v) is 18.8. The lowest BCUT2D eigenvalue weighted by Gasteiger charge is -2.28. The molecule has 33 heavy (non-hydrogen) atoms. The lowest BCUT2D eigenvalue weighted by molar-refractivity contribution is 0.122. The quantitative estimate of drug-likeness (QED) is 0.543. The number of halogens is 1. The first-order valence-corrected chi connectivity index (χ1v) is 11.4. The van der Waals surface area contributed by atoms with Gasteiger partial charge in [-0.2, -0.15) is 5.26 Å². The fourth-order valence-electron chi connectivity index (χ4n) is 3.90. The number of ether oxygens (including phenoxy) is 1. The zero-order valence-electron chi connectivity index (χ0n) is 18.0. The molecule has 1 saturated heterocycles. The largest absolute Gasteiger partial charge is 0.378 e. The minimum Gasteiger partial charge on any atom is -0.378 e. The van der Waals surface area contributed by atoms with Crippen LogP contribution in [-0.2, 0) is 4.74 Å². The normalized spacial score (nSPS) is 17.7. The van der Waals surface area contributed by atoms with Crippen LogP contribution in [0.5, 0.6) is 0 Å². The van der Waals surface area contributed by atoms with Crippen LogP contribution in [0.1, 0.15) is 11.4 Å². The Hall–Kier alpha value is -3.61.